The first-order chi connectivity index (χ1) is 19.6. The number of esters is 1. The van der Waals surface area contributed by atoms with Crippen LogP contribution < -0.4 is 10.4 Å². The Bertz CT molecular complexity index is 1480. The number of hydrogen-bond donors (Lipinski definition) is 0. The van der Waals surface area contributed by atoms with Gasteiger partial charge in [0.1, 0.15) is 12.2 Å². The van der Waals surface area contributed by atoms with E-state index in [1.165, 1.54) is 4.90 Å². The largest absolute Gasteiger partial charge is 0.495 e. The number of ether oxygens (including phenoxy) is 2. The van der Waals surface area contributed by atoms with Gasteiger partial charge in [-0.1, -0.05) is 48.5 Å². The molecule has 42 heavy (non-hydrogen) atoms. The fraction of sp³-hybridized carbons (Fsp3) is 0.412. The number of benzene rings is 3. The quantitative estimate of drug-likeness (QED) is 0.254. The normalized spacial score (nSPS) is 17.0. The van der Waals surface area contributed by atoms with E-state index in [9.17, 15) is 9.59 Å². The Morgan fingerprint density at radius 2 is 1.43 bits per heavy atom. The number of carbonyl (C=O) groups excluding carboxylic acids is 2. The standard InChI is InChI=1S/C34H40BNO6/c1-21-28(35-41-33(5,6)34(7,8)42-35)18-22(30(37)40-32(2,3)4)19-29(21)36(9)31(38)39-20-27-25-16-12-10-14-23(25)24-15-11-13-17-26(24)27/h10-19,27H,20H2,1-9H3. The van der Waals surface area contributed by atoms with Gasteiger partial charge in [-0.2, -0.15) is 0 Å². The number of amides is 1. The third-order valence-electron chi connectivity index (χ3n) is 8.53. The molecule has 0 N–H and O–H groups in total. The molecule has 1 saturated heterocycles. The molecule has 0 saturated carbocycles. The molecule has 0 spiro atoms. The van der Waals surface area contributed by atoms with Gasteiger partial charge in [-0.05, 0) is 101 Å². The summed E-state index contributed by atoms with van der Waals surface area (Å²) in [5.41, 5.74) is 4.98. The van der Waals surface area contributed by atoms with E-state index in [-0.39, 0.29) is 12.5 Å². The van der Waals surface area contributed by atoms with Crippen molar-refractivity contribution in [2.75, 3.05) is 18.6 Å². The molecule has 0 bridgehead atoms. The predicted octanol–water partition coefficient (Wildman–Crippen LogP) is 6.63. The maximum atomic E-state index is 13.6. The van der Waals surface area contributed by atoms with Crippen molar-refractivity contribution < 1.29 is 28.4 Å². The fourth-order valence-corrected chi connectivity index (χ4v) is 5.53. The van der Waals surface area contributed by atoms with Crippen LogP contribution in [0.1, 0.15) is 81.4 Å². The summed E-state index contributed by atoms with van der Waals surface area (Å²) in [6.45, 7) is 15.4. The Hall–Kier alpha value is -3.62. The van der Waals surface area contributed by atoms with Crippen LogP contribution in [0, 0.1) is 6.92 Å². The van der Waals surface area contributed by atoms with Gasteiger partial charge in [-0.25, -0.2) is 9.59 Å². The topological polar surface area (TPSA) is 74.3 Å². The van der Waals surface area contributed by atoms with E-state index in [2.05, 4.69) is 24.3 Å². The van der Waals surface area contributed by atoms with Crippen molar-refractivity contribution in [2.24, 2.45) is 0 Å². The van der Waals surface area contributed by atoms with Crippen LogP contribution in [0.3, 0.4) is 0 Å². The van der Waals surface area contributed by atoms with Gasteiger partial charge in [-0.15, -0.1) is 0 Å². The van der Waals surface area contributed by atoms with Crippen molar-refractivity contribution in [3.8, 4) is 11.1 Å². The Kier molecular flexibility index (Phi) is 7.52. The summed E-state index contributed by atoms with van der Waals surface area (Å²) in [6.07, 6.45) is -0.527. The van der Waals surface area contributed by atoms with Gasteiger partial charge in [0.15, 0.2) is 0 Å². The van der Waals surface area contributed by atoms with Crippen molar-refractivity contribution in [3.63, 3.8) is 0 Å². The van der Waals surface area contributed by atoms with Crippen LogP contribution in [0.25, 0.3) is 11.1 Å². The van der Waals surface area contributed by atoms with E-state index < -0.39 is 36.0 Å². The summed E-state index contributed by atoms with van der Waals surface area (Å²) < 4.78 is 24.3. The molecule has 1 heterocycles. The van der Waals surface area contributed by atoms with Gasteiger partial charge >= 0.3 is 19.2 Å². The van der Waals surface area contributed by atoms with Gasteiger partial charge in [0.2, 0.25) is 0 Å². The van der Waals surface area contributed by atoms with E-state index in [1.54, 1.807) is 19.2 Å². The molecule has 1 amide bonds. The molecule has 2 aliphatic rings. The van der Waals surface area contributed by atoms with Gasteiger partial charge in [-0.3, -0.25) is 4.90 Å². The third-order valence-corrected chi connectivity index (χ3v) is 8.53. The molecule has 1 fully saturated rings. The summed E-state index contributed by atoms with van der Waals surface area (Å²) in [5.74, 6) is -0.563. The van der Waals surface area contributed by atoms with Crippen molar-refractivity contribution in [2.45, 2.75) is 78.1 Å². The average molecular weight is 570 g/mol. The minimum Gasteiger partial charge on any atom is -0.456 e. The Morgan fingerprint density at radius 3 is 1.95 bits per heavy atom. The minimum absolute atomic E-state index is 0.0655. The lowest BCUT2D eigenvalue weighted by Crippen LogP contribution is -2.41. The smallest absolute Gasteiger partial charge is 0.456 e. The Balaban J connectivity index is 1.45. The van der Waals surface area contributed by atoms with E-state index in [0.29, 0.717) is 16.7 Å². The molecule has 0 radical (unpaired) electrons. The first-order valence-corrected chi connectivity index (χ1v) is 14.4. The van der Waals surface area contributed by atoms with E-state index in [4.69, 9.17) is 18.8 Å². The van der Waals surface area contributed by atoms with Crippen LogP contribution >= 0.6 is 0 Å². The van der Waals surface area contributed by atoms with Gasteiger partial charge < -0.3 is 18.8 Å². The lowest BCUT2D eigenvalue weighted by molar-refractivity contribution is 0.00578. The highest BCUT2D eigenvalue weighted by atomic mass is 16.7. The summed E-state index contributed by atoms with van der Waals surface area (Å²) in [6, 6.07) is 19.8. The highest BCUT2D eigenvalue weighted by Gasteiger charge is 2.52. The van der Waals surface area contributed by atoms with Crippen molar-refractivity contribution in [1.82, 2.24) is 0 Å². The number of anilines is 1. The first-order valence-electron chi connectivity index (χ1n) is 14.4. The molecule has 7 nitrogen and oxygen atoms in total. The van der Waals surface area contributed by atoms with Crippen LogP contribution in [0.2, 0.25) is 0 Å². The van der Waals surface area contributed by atoms with Gasteiger partial charge in [0, 0.05) is 13.0 Å². The summed E-state index contributed by atoms with van der Waals surface area (Å²) in [5, 5.41) is 0. The van der Waals surface area contributed by atoms with Crippen molar-refractivity contribution >= 4 is 30.3 Å². The van der Waals surface area contributed by atoms with Crippen LogP contribution in [0.15, 0.2) is 60.7 Å². The summed E-state index contributed by atoms with van der Waals surface area (Å²) in [7, 11) is 0.917. The maximum Gasteiger partial charge on any atom is 0.495 e. The number of carbonyl (C=O) groups is 2. The molecule has 0 unspecified atom stereocenters. The SMILES string of the molecule is Cc1c(B2OC(C)(C)C(C)(C)O2)cc(C(=O)OC(C)(C)C)cc1N(C)C(=O)OCC1c2ccccc2-c2ccccc21. The van der Waals surface area contributed by atoms with Crippen molar-refractivity contribution in [1.29, 1.82) is 0 Å². The predicted molar refractivity (Wildman–Crippen MR) is 166 cm³/mol. The fourth-order valence-electron chi connectivity index (χ4n) is 5.53. The molecule has 3 aromatic rings. The number of rotatable bonds is 5. The molecule has 8 heteroatoms. The van der Waals surface area contributed by atoms with E-state index in [1.807, 2.05) is 79.7 Å². The molecule has 0 aromatic heterocycles. The third kappa shape index (κ3) is 5.46. The average Bonchev–Trinajstić information content (AvgIpc) is 3.34. The monoisotopic (exact) mass is 569 g/mol. The molecule has 220 valence electrons. The Morgan fingerprint density at radius 1 is 0.905 bits per heavy atom. The highest BCUT2D eigenvalue weighted by molar-refractivity contribution is 6.63. The molecule has 0 atom stereocenters. The van der Waals surface area contributed by atoms with Crippen molar-refractivity contribution in [3.05, 3.63) is 82.9 Å². The lowest BCUT2D eigenvalue weighted by atomic mass is 9.74. The Labute approximate surface area is 249 Å². The van der Waals surface area contributed by atoms with Crippen LogP contribution in [-0.4, -0.2) is 49.6 Å². The highest BCUT2D eigenvalue weighted by Crippen LogP contribution is 2.44. The van der Waals surface area contributed by atoms with Crippen LogP contribution in [-0.2, 0) is 18.8 Å². The minimum atomic E-state index is -0.730. The molecular weight excluding hydrogens is 529 g/mol. The lowest BCUT2D eigenvalue weighted by Gasteiger charge is -2.32. The number of nitrogens with zero attached hydrogens (tertiary/aromatic N) is 1. The van der Waals surface area contributed by atoms with E-state index in [0.717, 1.165) is 27.8 Å². The molecule has 1 aliphatic carbocycles. The second kappa shape index (κ2) is 10.6. The van der Waals surface area contributed by atoms with Gasteiger partial charge in [0.05, 0.1) is 22.5 Å². The second-order valence-electron chi connectivity index (χ2n) is 13.2. The number of fused-ring (bicyclic) bond motifs is 3. The molecule has 3 aromatic carbocycles. The zero-order valence-electron chi connectivity index (χ0n) is 26.0. The maximum absolute atomic E-state index is 13.6. The molecule has 5 rings (SSSR count). The molecule has 1 aliphatic heterocycles. The number of hydrogen-bond acceptors (Lipinski definition) is 6. The van der Waals surface area contributed by atoms with Crippen LogP contribution in [0.5, 0.6) is 0 Å². The van der Waals surface area contributed by atoms with Crippen LogP contribution in [0.4, 0.5) is 10.5 Å². The zero-order chi connectivity index (χ0) is 30.6. The summed E-state index contributed by atoms with van der Waals surface area (Å²) >= 11 is 0. The molecular formula is C34H40BNO6. The second-order valence-corrected chi connectivity index (χ2v) is 13.2. The summed E-state index contributed by atoms with van der Waals surface area (Å²) in [4.78, 5) is 28.2. The van der Waals surface area contributed by atoms with E-state index >= 15 is 0 Å². The first kappa shape index (κ1) is 29.9. The van der Waals surface area contributed by atoms with Gasteiger partial charge in [0.25, 0.3) is 0 Å². The zero-order valence-corrected chi connectivity index (χ0v) is 26.0.